The molecule has 6 nitrogen and oxygen atoms in total. The van der Waals surface area contributed by atoms with Crippen molar-refractivity contribution in [2.75, 3.05) is 0 Å². The number of aromatic nitrogens is 2. The number of rotatable bonds is 5. The zero-order valence-electron chi connectivity index (χ0n) is 13.0. The largest absolute Gasteiger partial charge is 0.393 e. The summed E-state index contributed by atoms with van der Waals surface area (Å²) in [4.78, 5) is 12.5. The van der Waals surface area contributed by atoms with Crippen LogP contribution in [0.15, 0.2) is 36.7 Å². The van der Waals surface area contributed by atoms with Gasteiger partial charge in [0.05, 0.1) is 24.9 Å². The Morgan fingerprint density at radius 3 is 2.61 bits per heavy atom. The van der Waals surface area contributed by atoms with Crippen molar-refractivity contribution in [3.63, 3.8) is 0 Å². The molecule has 0 saturated heterocycles. The van der Waals surface area contributed by atoms with Crippen LogP contribution >= 0.6 is 0 Å². The van der Waals surface area contributed by atoms with Crippen LogP contribution in [0.5, 0.6) is 0 Å². The van der Waals surface area contributed by atoms with Gasteiger partial charge >= 0.3 is 0 Å². The third-order valence-corrected chi connectivity index (χ3v) is 4.39. The van der Waals surface area contributed by atoms with Gasteiger partial charge in [0.25, 0.3) is 5.91 Å². The molecule has 1 aromatic carbocycles. The third-order valence-electron chi connectivity index (χ3n) is 4.39. The fourth-order valence-electron chi connectivity index (χ4n) is 2.96. The number of carbonyl (C=O) groups is 1. The quantitative estimate of drug-likeness (QED) is 0.772. The van der Waals surface area contributed by atoms with Crippen LogP contribution < -0.4 is 5.32 Å². The van der Waals surface area contributed by atoms with Crippen molar-refractivity contribution < 1.29 is 15.0 Å². The van der Waals surface area contributed by atoms with Crippen LogP contribution in [0.4, 0.5) is 0 Å². The fraction of sp³-hybridized carbons (Fsp3) is 0.412. The highest BCUT2D eigenvalue weighted by atomic mass is 16.3. The fourth-order valence-corrected chi connectivity index (χ4v) is 2.96. The molecule has 3 rings (SSSR count). The van der Waals surface area contributed by atoms with Crippen LogP contribution in [0.25, 0.3) is 0 Å². The van der Waals surface area contributed by atoms with Crippen LogP contribution in [-0.4, -0.2) is 32.0 Å². The Morgan fingerprint density at radius 2 is 2.09 bits per heavy atom. The summed E-state index contributed by atoms with van der Waals surface area (Å²) < 4.78 is 1.71. The van der Waals surface area contributed by atoms with Crippen LogP contribution in [0.1, 0.15) is 40.4 Å². The molecular formula is C17H21N3O3. The predicted molar refractivity (Wildman–Crippen MR) is 84.5 cm³/mol. The highest BCUT2D eigenvalue weighted by Gasteiger charge is 2.36. The average molecular weight is 315 g/mol. The molecule has 1 atom stereocenters. The summed E-state index contributed by atoms with van der Waals surface area (Å²) in [5.41, 5.74) is 2.27. The monoisotopic (exact) mass is 315 g/mol. The zero-order valence-corrected chi connectivity index (χ0v) is 13.0. The zero-order chi connectivity index (χ0) is 16.4. The summed E-state index contributed by atoms with van der Waals surface area (Å²) in [5, 5.41) is 25.9. The smallest absolute Gasteiger partial charge is 0.251 e. The number of hydrogen-bond donors (Lipinski definition) is 3. The first-order chi connectivity index (χ1) is 11.1. The minimum atomic E-state index is -0.278. The topological polar surface area (TPSA) is 87.4 Å². The summed E-state index contributed by atoms with van der Waals surface area (Å²) in [7, 11) is 1.84. The SMILES string of the molecule is Cn1cc([C@H](NC(=O)c2ccc(CO)cc2)C2CC(O)C2)cn1. The van der Waals surface area contributed by atoms with Gasteiger partial charge in [-0.3, -0.25) is 9.48 Å². The van der Waals surface area contributed by atoms with E-state index in [2.05, 4.69) is 10.4 Å². The van der Waals surface area contributed by atoms with E-state index in [-0.39, 0.29) is 30.6 Å². The maximum atomic E-state index is 12.5. The van der Waals surface area contributed by atoms with Crippen molar-refractivity contribution in [2.45, 2.75) is 31.6 Å². The Hall–Kier alpha value is -2.18. The minimum Gasteiger partial charge on any atom is -0.393 e. The van der Waals surface area contributed by atoms with Gasteiger partial charge in [-0.2, -0.15) is 5.10 Å². The Kier molecular flexibility index (Phi) is 4.45. The minimum absolute atomic E-state index is 0.0415. The van der Waals surface area contributed by atoms with E-state index in [0.717, 1.165) is 11.1 Å². The van der Waals surface area contributed by atoms with E-state index in [4.69, 9.17) is 5.11 Å². The van der Waals surface area contributed by atoms with E-state index in [1.807, 2.05) is 13.2 Å². The van der Waals surface area contributed by atoms with Crippen molar-refractivity contribution in [2.24, 2.45) is 13.0 Å². The van der Waals surface area contributed by atoms with Gasteiger partial charge in [-0.25, -0.2) is 0 Å². The second-order valence-corrected chi connectivity index (χ2v) is 6.14. The van der Waals surface area contributed by atoms with Crippen LogP contribution in [0, 0.1) is 5.92 Å². The van der Waals surface area contributed by atoms with Crippen molar-refractivity contribution >= 4 is 5.91 Å². The first-order valence-corrected chi connectivity index (χ1v) is 7.74. The van der Waals surface area contributed by atoms with Gasteiger partial charge in [-0.1, -0.05) is 12.1 Å². The number of aliphatic hydroxyl groups excluding tert-OH is 2. The van der Waals surface area contributed by atoms with Crippen molar-refractivity contribution in [3.05, 3.63) is 53.3 Å². The molecule has 0 aliphatic heterocycles. The van der Waals surface area contributed by atoms with Gasteiger partial charge in [0.15, 0.2) is 0 Å². The number of aryl methyl sites for hydroxylation is 1. The molecule has 0 radical (unpaired) electrons. The van der Waals surface area contributed by atoms with Crippen molar-refractivity contribution in [1.82, 2.24) is 15.1 Å². The Balaban J connectivity index is 1.75. The number of aliphatic hydroxyl groups is 2. The molecule has 1 aromatic heterocycles. The Morgan fingerprint density at radius 1 is 1.39 bits per heavy atom. The number of amides is 1. The van der Waals surface area contributed by atoms with E-state index in [1.54, 1.807) is 35.1 Å². The highest BCUT2D eigenvalue weighted by molar-refractivity contribution is 5.94. The van der Waals surface area contributed by atoms with Gasteiger partial charge < -0.3 is 15.5 Å². The Labute approximate surface area is 134 Å². The first kappa shape index (κ1) is 15.7. The predicted octanol–water partition coefficient (Wildman–Crippen LogP) is 1.15. The van der Waals surface area contributed by atoms with Crippen LogP contribution in [0.2, 0.25) is 0 Å². The number of nitrogens with one attached hydrogen (secondary N) is 1. The highest BCUT2D eigenvalue weighted by Crippen LogP contribution is 2.38. The van der Waals surface area contributed by atoms with Crippen LogP contribution in [-0.2, 0) is 13.7 Å². The molecule has 122 valence electrons. The van der Waals surface area contributed by atoms with Crippen molar-refractivity contribution in [3.8, 4) is 0 Å². The first-order valence-electron chi connectivity index (χ1n) is 7.74. The summed E-state index contributed by atoms with van der Waals surface area (Å²) in [5.74, 6) is 0.0552. The standard InChI is InChI=1S/C17H21N3O3/c1-20-9-14(8-18-20)16(13-6-15(22)7-13)19-17(23)12-4-2-11(10-21)3-5-12/h2-5,8-9,13,15-16,21-22H,6-7,10H2,1H3,(H,19,23)/t13?,15?,16-/m1/s1. The van der Waals surface area contributed by atoms with E-state index in [0.29, 0.717) is 18.4 Å². The molecule has 1 amide bonds. The van der Waals surface area contributed by atoms with E-state index < -0.39 is 0 Å². The lowest BCUT2D eigenvalue weighted by Crippen LogP contribution is -2.41. The molecule has 23 heavy (non-hydrogen) atoms. The number of benzene rings is 1. The summed E-state index contributed by atoms with van der Waals surface area (Å²) in [6.45, 7) is -0.0415. The Bertz CT molecular complexity index is 675. The third kappa shape index (κ3) is 3.43. The van der Waals surface area contributed by atoms with Gasteiger partial charge in [0, 0.05) is 24.4 Å². The lowest BCUT2D eigenvalue weighted by atomic mass is 9.75. The van der Waals surface area contributed by atoms with Crippen LogP contribution in [0.3, 0.4) is 0 Å². The number of carbonyl (C=O) groups excluding carboxylic acids is 1. The van der Waals surface area contributed by atoms with E-state index >= 15 is 0 Å². The second kappa shape index (κ2) is 6.52. The van der Waals surface area contributed by atoms with Gasteiger partial charge in [0.1, 0.15) is 0 Å². The number of hydrogen-bond acceptors (Lipinski definition) is 4. The molecule has 0 unspecified atom stereocenters. The second-order valence-electron chi connectivity index (χ2n) is 6.14. The molecule has 0 bridgehead atoms. The lowest BCUT2D eigenvalue weighted by Gasteiger charge is -2.37. The lowest BCUT2D eigenvalue weighted by molar-refractivity contribution is 0.0235. The maximum Gasteiger partial charge on any atom is 0.251 e. The molecule has 2 aromatic rings. The molecule has 1 aliphatic rings. The van der Waals surface area contributed by atoms with E-state index in [9.17, 15) is 9.90 Å². The molecule has 1 saturated carbocycles. The van der Waals surface area contributed by atoms with E-state index in [1.165, 1.54) is 0 Å². The summed E-state index contributed by atoms with van der Waals surface area (Å²) in [6.07, 6.45) is 4.74. The molecule has 1 fully saturated rings. The number of nitrogens with zero attached hydrogens (tertiary/aromatic N) is 2. The molecule has 1 aliphatic carbocycles. The molecule has 0 spiro atoms. The molecule has 1 heterocycles. The molecule has 3 N–H and O–H groups in total. The molecule has 6 heteroatoms. The van der Waals surface area contributed by atoms with Gasteiger partial charge in [-0.15, -0.1) is 0 Å². The van der Waals surface area contributed by atoms with Gasteiger partial charge in [0.2, 0.25) is 0 Å². The summed E-state index contributed by atoms with van der Waals surface area (Å²) in [6, 6.07) is 6.73. The van der Waals surface area contributed by atoms with Gasteiger partial charge in [-0.05, 0) is 36.5 Å². The normalized spacial score (nSPS) is 21.5. The maximum absolute atomic E-state index is 12.5. The van der Waals surface area contributed by atoms with Crippen molar-refractivity contribution in [1.29, 1.82) is 0 Å². The average Bonchev–Trinajstić information content (AvgIpc) is 2.96. The molecular weight excluding hydrogens is 294 g/mol. The summed E-state index contributed by atoms with van der Waals surface area (Å²) >= 11 is 0.